The molecular weight excluding hydrogens is 232 g/mol. The minimum Gasteiger partial charge on any atom is -0.481 e. The number of carbonyl (C=O) groups is 2. The summed E-state index contributed by atoms with van der Waals surface area (Å²) in [6.07, 6.45) is 5.32. The van der Waals surface area contributed by atoms with Crippen LogP contribution in [0.25, 0.3) is 0 Å². The third-order valence-corrected chi connectivity index (χ3v) is 3.89. The van der Waals surface area contributed by atoms with Crippen molar-refractivity contribution in [3.05, 3.63) is 0 Å². The molecule has 1 rings (SSSR count). The van der Waals surface area contributed by atoms with E-state index in [0.717, 1.165) is 32.1 Å². The summed E-state index contributed by atoms with van der Waals surface area (Å²) in [5.74, 6) is -0.864. The molecule has 4 N–H and O–H groups in total. The quantitative estimate of drug-likeness (QED) is 0.624. The van der Waals surface area contributed by atoms with Crippen molar-refractivity contribution in [1.29, 1.82) is 0 Å². The Morgan fingerprint density at radius 1 is 1.39 bits per heavy atom. The highest BCUT2D eigenvalue weighted by Gasteiger charge is 2.43. The predicted octanol–water partition coefficient (Wildman–Crippen LogP) is 1.27. The SMILES string of the molecule is CC1(C(=O)O)CCCCC1NC(=O)CCCCN. The number of hydrogen-bond acceptors (Lipinski definition) is 3. The van der Waals surface area contributed by atoms with Gasteiger partial charge in [0.2, 0.25) is 5.91 Å². The molecule has 0 aromatic carbocycles. The monoisotopic (exact) mass is 256 g/mol. The minimum atomic E-state index is -0.818. The molecule has 1 fully saturated rings. The number of carbonyl (C=O) groups excluding carboxylic acids is 1. The van der Waals surface area contributed by atoms with Crippen molar-refractivity contribution in [1.82, 2.24) is 5.32 Å². The summed E-state index contributed by atoms with van der Waals surface area (Å²) in [6, 6.07) is -0.242. The van der Waals surface area contributed by atoms with Crippen LogP contribution in [-0.2, 0) is 9.59 Å². The van der Waals surface area contributed by atoms with Crippen LogP contribution in [0.1, 0.15) is 51.9 Å². The Bertz CT molecular complexity index is 307. The molecule has 0 heterocycles. The van der Waals surface area contributed by atoms with Gasteiger partial charge in [-0.05, 0) is 39.2 Å². The zero-order chi connectivity index (χ0) is 13.6. The third-order valence-electron chi connectivity index (χ3n) is 3.89. The van der Waals surface area contributed by atoms with Crippen molar-refractivity contribution in [3.8, 4) is 0 Å². The number of nitrogens with one attached hydrogen (secondary N) is 1. The molecule has 0 bridgehead atoms. The summed E-state index contributed by atoms with van der Waals surface area (Å²) in [5, 5.41) is 12.2. The molecular formula is C13H24N2O3. The first-order chi connectivity index (χ1) is 8.50. The second-order valence-electron chi connectivity index (χ2n) is 5.33. The van der Waals surface area contributed by atoms with Gasteiger partial charge in [-0.2, -0.15) is 0 Å². The highest BCUT2D eigenvalue weighted by atomic mass is 16.4. The lowest BCUT2D eigenvalue weighted by Gasteiger charge is -2.38. The zero-order valence-corrected chi connectivity index (χ0v) is 11.1. The number of aliphatic carboxylic acids is 1. The first kappa shape index (κ1) is 15.0. The predicted molar refractivity (Wildman–Crippen MR) is 69.0 cm³/mol. The topological polar surface area (TPSA) is 92.4 Å². The van der Waals surface area contributed by atoms with Gasteiger partial charge in [-0.15, -0.1) is 0 Å². The Morgan fingerprint density at radius 3 is 2.72 bits per heavy atom. The van der Waals surface area contributed by atoms with Gasteiger partial charge in [0.1, 0.15) is 0 Å². The van der Waals surface area contributed by atoms with E-state index >= 15 is 0 Å². The number of carboxylic acids is 1. The van der Waals surface area contributed by atoms with Crippen LogP contribution in [0.5, 0.6) is 0 Å². The second kappa shape index (κ2) is 6.73. The zero-order valence-electron chi connectivity index (χ0n) is 11.1. The van der Waals surface area contributed by atoms with E-state index in [2.05, 4.69) is 5.32 Å². The van der Waals surface area contributed by atoms with Crippen LogP contribution in [0.15, 0.2) is 0 Å². The van der Waals surface area contributed by atoms with Crippen molar-refractivity contribution in [3.63, 3.8) is 0 Å². The van der Waals surface area contributed by atoms with E-state index in [1.807, 2.05) is 0 Å². The van der Waals surface area contributed by atoms with Crippen LogP contribution in [0, 0.1) is 5.41 Å². The number of unbranched alkanes of at least 4 members (excludes halogenated alkanes) is 1. The molecule has 0 saturated heterocycles. The van der Waals surface area contributed by atoms with Gasteiger partial charge in [-0.1, -0.05) is 12.8 Å². The van der Waals surface area contributed by atoms with E-state index < -0.39 is 11.4 Å². The second-order valence-corrected chi connectivity index (χ2v) is 5.33. The molecule has 18 heavy (non-hydrogen) atoms. The van der Waals surface area contributed by atoms with E-state index in [-0.39, 0.29) is 11.9 Å². The summed E-state index contributed by atoms with van der Waals surface area (Å²) in [6.45, 7) is 2.32. The molecule has 0 radical (unpaired) electrons. The Balaban J connectivity index is 2.52. The molecule has 0 spiro atoms. The molecule has 0 aromatic rings. The van der Waals surface area contributed by atoms with Crippen LogP contribution in [0.4, 0.5) is 0 Å². The smallest absolute Gasteiger partial charge is 0.311 e. The largest absolute Gasteiger partial charge is 0.481 e. The molecule has 1 saturated carbocycles. The Kier molecular flexibility index (Phi) is 5.59. The lowest BCUT2D eigenvalue weighted by molar-refractivity contribution is -0.152. The van der Waals surface area contributed by atoms with Gasteiger partial charge in [-0.25, -0.2) is 0 Å². The number of nitrogens with two attached hydrogens (primary N) is 1. The summed E-state index contributed by atoms with van der Waals surface area (Å²) in [5.41, 5.74) is 4.55. The average molecular weight is 256 g/mol. The van der Waals surface area contributed by atoms with Gasteiger partial charge in [-0.3, -0.25) is 9.59 Å². The van der Waals surface area contributed by atoms with Gasteiger partial charge in [0, 0.05) is 12.5 Å². The molecule has 1 amide bonds. The fraction of sp³-hybridized carbons (Fsp3) is 0.846. The van der Waals surface area contributed by atoms with E-state index in [1.54, 1.807) is 6.92 Å². The van der Waals surface area contributed by atoms with E-state index in [4.69, 9.17) is 5.73 Å². The first-order valence-corrected chi connectivity index (χ1v) is 6.73. The minimum absolute atomic E-state index is 0.0529. The molecule has 1 aliphatic carbocycles. The standard InChI is InChI=1S/C13H24N2O3/c1-13(12(17)18)8-4-2-6-10(13)15-11(16)7-3-5-9-14/h10H,2-9,14H2,1H3,(H,15,16)(H,17,18). The van der Waals surface area contributed by atoms with Crippen LogP contribution in [0.3, 0.4) is 0 Å². The molecule has 5 heteroatoms. The molecule has 0 aromatic heterocycles. The van der Waals surface area contributed by atoms with Gasteiger partial charge < -0.3 is 16.2 Å². The van der Waals surface area contributed by atoms with Crippen molar-refractivity contribution in [2.75, 3.05) is 6.54 Å². The molecule has 0 aliphatic heterocycles. The van der Waals surface area contributed by atoms with Crippen molar-refractivity contribution < 1.29 is 14.7 Å². The average Bonchev–Trinajstić information content (AvgIpc) is 2.32. The fourth-order valence-electron chi connectivity index (χ4n) is 2.52. The summed E-state index contributed by atoms with van der Waals surface area (Å²) in [4.78, 5) is 23.1. The van der Waals surface area contributed by atoms with Crippen molar-refractivity contribution >= 4 is 11.9 Å². The Morgan fingerprint density at radius 2 is 2.11 bits per heavy atom. The van der Waals surface area contributed by atoms with Crippen LogP contribution >= 0.6 is 0 Å². The van der Waals surface area contributed by atoms with Crippen molar-refractivity contribution in [2.45, 2.75) is 57.9 Å². The lowest BCUT2D eigenvalue weighted by atomic mass is 9.71. The lowest BCUT2D eigenvalue weighted by Crippen LogP contribution is -2.52. The number of rotatable bonds is 6. The third kappa shape index (κ3) is 3.70. The van der Waals surface area contributed by atoms with E-state index in [0.29, 0.717) is 19.4 Å². The maximum atomic E-state index is 11.8. The Labute approximate surface area is 108 Å². The summed E-state index contributed by atoms with van der Waals surface area (Å²) in [7, 11) is 0. The van der Waals surface area contributed by atoms with Crippen LogP contribution in [0.2, 0.25) is 0 Å². The molecule has 1 aliphatic rings. The highest BCUT2D eigenvalue weighted by molar-refractivity contribution is 5.79. The number of hydrogen-bond donors (Lipinski definition) is 3. The summed E-state index contributed by atoms with van der Waals surface area (Å²) < 4.78 is 0. The van der Waals surface area contributed by atoms with Gasteiger partial charge in [0.05, 0.1) is 5.41 Å². The molecule has 2 atom stereocenters. The van der Waals surface area contributed by atoms with Crippen LogP contribution in [-0.4, -0.2) is 29.6 Å². The number of amides is 1. The first-order valence-electron chi connectivity index (χ1n) is 6.73. The molecule has 104 valence electrons. The fourth-order valence-corrected chi connectivity index (χ4v) is 2.52. The van der Waals surface area contributed by atoms with E-state index in [9.17, 15) is 14.7 Å². The van der Waals surface area contributed by atoms with Gasteiger partial charge >= 0.3 is 5.97 Å². The number of carboxylic acid groups (broad SMARTS) is 1. The van der Waals surface area contributed by atoms with Gasteiger partial charge in [0.25, 0.3) is 0 Å². The highest BCUT2D eigenvalue weighted by Crippen LogP contribution is 2.36. The molecule has 2 unspecified atom stereocenters. The molecule has 5 nitrogen and oxygen atoms in total. The van der Waals surface area contributed by atoms with Crippen molar-refractivity contribution in [2.24, 2.45) is 11.1 Å². The maximum Gasteiger partial charge on any atom is 0.311 e. The maximum absolute atomic E-state index is 11.8. The normalized spacial score (nSPS) is 27.8. The summed E-state index contributed by atoms with van der Waals surface area (Å²) >= 11 is 0. The van der Waals surface area contributed by atoms with Gasteiger partial charge in [0.15, 0.2) is 0 Å². The Hall–Kier alpha value is -1.10. The van der Waals surface area contributed by atoms with E-state index in [1.165, 1.54) is 0 Å². The van der Waals surface area contributed by atoms with Crippen LogP contribution < -0.4 is 11.1 Å².